The topological polar surface area (TPSA) is 64.6 Å². The number of methoxy groups -OCH3 is 2. The fraction of sp³-hybridized carbons (Fsp3) is 0.500. The van der Waals surface area contributed by atoms with Gasteiger partial charge in [0.05, 0.1) is 26.1 Å². The summed E-state index contributed by atoms with van der Waals surface area (Å²) < 4.78 is 9.59. The number of carbonyl (C=O) groups is 2. The van der Waals surface area contributed by atoms with Gasteiger partial charge in [0.1, 0.15) is 0 Å². The zero-order valence-corrected chi connectivity index (χ0v) is 12.4. The number of hydrogen-bond acceptors (Lipinski definition) is 5. The molecule has 2 atom stereocenters. The Morgan fingerprint density at radius 2 is 1.57 bits per heavy atom. The van der Waals surface area contributed by atoms with Crippen LogP contribution < -0.4 is 5.32 Å². The minimum Gasteiger partial charge on any atom is -0.469 e. The summed E-state index contributed by atoms with van der Waals surface area (Å²) in [5.74, 6) is -1.52. The van der Waals surface area contributed by atoms with Gasteiger partial charge in [-0.25, -0.2) is 0 Å². The van der Waals surface area contributed by atoms with Gasteiger partial charge in [0, 0.05) is 12.6 Å². The third-order valence-corrected chi connectivity index (χ3v) is 4.01. The predicted molar refractivity (Wildman–Crippen MR) is 77.3 cm³/mol. The zero-order chi connectivity index (χ0) is 15.2. The maximum Gasteiger partial charge on any atom is 0.309 e. The summed E-state index contributed by atoms with van der Waals surface area (Å²) in [5.41, 5.74) is 1.17. The fourth-order valence-corrected chi connectivity index (χ4v) is 2.89. The molecule has 1 aromatic carbocycles. The molecule has 0 aliphatic heterocycles. The van der Waals surface area contributed by atoms with Crippen LogP contribution in [0.5, 0.6) is 0 Å². The van der Waals surface area contributed by atoms with Crippen molar-refractivity contribution in [2.24, 2.45) is 11.8 Å². The largest absolute Gasteiger partial charge is 0.469 e. The second kappa shape index (κ2) is 7.22. The van der Waals surface area contributed by atoms with Crippen LogP contribution >= 0.6 is 0 Å². The summed E-state index contributed by atoms with van der Waals surface area (Å²) in [5, 5.41) is 3.40. The first-order chi connectivity index (χ1) is 10.2. The van der Waals surface area contributed by atoms with Gasteiger partial charge in [0.25, 0.3) is 0 Å². The third kappa shape index (κ3) is 3.82. The van der Waals surface area contributed by atoms with Crippen LogP contribution in [-0.4, -0.2) is 32.2 Å². The van der Waals surface area contributed by atoms with E-state index < -0.39 is 11.8 Å². The maximum absolute atomic E-state index is 11.8. The lowest BCUT2D eigenvalue weighted by Crippen LogP contribution is -2.27. The van der Waals surface area contributed by atoms with Gasteiger partial charge in [-0.2, -0.15) is 0 Å². The Balaban J connectivity index is 1.96. The van der Waals surface area contributed by atoms with E-state index in [1.165, 1.54) is 19.8 Å². The molecule has 114 valence electrons. The highest BCUT2D eigenvalue weighted by Gasteiger charge is 2.43. The van der Waals surface area contributed by atoms with Gasteiger partial charge in [-0.05, 0) is 18.4 Å². The molecule has 21 heavy (non-hydrogen) atoms. The number of ether oxygens (including phenoxy) is 2. The van der Waals surface area contributed by atoms with Crippen molar-refractivity contribution < 1.29 is 19.1 Å². The molecule has 0 aromatic heterocycles. The molecule has 2 rings (SSSR count). The van der Waals surface area contributed by atoms with E-state index >= 15 is 0 Å². The van der Waals surface area contributed by atoms with Gasteiger partial charge < -0.3 is 14.8 Å². The first-order valence-electron chi connectivity index (χ1n) is 7.08. The SMILES string of the molecule is COC(=O)C1CC(NCc2ccccc2)CC1C(=O)OC. The molecular formula is C16H21NO4. The van der Waals surface area contributed by atoms with Crippen LogP contribution in [0.1, 0.15) is 18.4 Å². The first-order valence-corrected chi connectivity index (χ1v) is 7.08. The first kappa shape index (κ1) is 15.5. The Labute approximate surface area is 124 Å². The van der Waals surface area contributed by atoms with Gasteiger partial charge in [0.2, 0.25) is 0 Å². The lowest BCUT2D eigenvalue weighted by Gasteiger charge is -2.14. The van der Waals surface area contributed by atoms with Crippen LogP contribution in [0.4, 0.5) is 0 Å². The number of rotatable bonds is 5. The smallest absolute Gasteiger partial charge is 0.309 e. The number of hydrogen-bond donors (Lipinski definition) is 1. The standard InChI is InChI=1S/C16H21NO4/c1-20-15(18)13-8-12(9-14(13)16(19)21-2)17-10-11-6-4-3-5-7-11/h3-7,12-14,17H,8-10H2,1-2H3. The van der Waals surface area contributed by atoms with Crippen LogP contribution in [0.25, 0.3) is 0 Å². The monoisotopic (exact) mass is 291 g/mol. The van der Waals surface area contributed by atoms with E-state index in [2.05, 4.69) is 5.32 Å². The van der Waals surface area contributed by atoms with E-state index in [0.717, 1.165) is 0 Å². The van der Waals surface area contributed by atoms with Crippen molar-refractivity contribution in [3.8, 4) is 0 Å². The summed E-state index contributed by atoms with van der Waals surface area (Å²) in [6.07, 6.45) is 1.19. The van der Waals surface area contributed by atoms with E-state index in [4.69, 9.17) is 9.47 Å². The lowest BCUT2D eigenvalue weighted by molar-refractivity contribution is -0.156. The van der Waals surface area contributed by atoms with Crippen molar-refractivity contribution >= 4 is 11.9 Å². The highest BCUT2D eigenvalue weighted by Crippen LogP contribution is 2.34. The summed E-state index contributed by atoms with van der Waals surface area (Å²) in [6.45, 7) is 0.716. The Hall–Kier alpha value is -1.88. The Morgan fingerprint density at radius 3 is 2.05 bits per heavy atom. The molecule has 0 bridgehead atoms. The maximum atomic E-state index is 11.8. The minimum absolute atomic E-state index is 0.110. The molecule has 1 saturated carbocycles. The van der Waals surface area contributed by atoms with Crippen LogP contribution in [0, 0.1) is 11.8 Å². The number of nitrogens with one attached hydrogen (secondary N) is 1. The molecule has 1 fully saturated rings. The molecule has 0 heterocycles. The Kier molecular flexibility index (Phi) is 5.33. The van der Waals surface area contributed by atoms with E-state index in [0.29, 0.717) is 19.4 Å². The summed E-state index contributed by atoms with van der Waals surface area (Å²) in [6, 6.07) is 10.1. The van der Waals surface area contributed by atoms with Crippen LogP contribution in [0.15, 0.2) is 30.3 Å². The molecule has 0 spiro atoms. The molecule has 5 heteroatoms. The summed E-state index contributed by atoms with van der Waals surface area (Å²) in [7, 11) is 2.70. The van der Waals surface area contributed by atoms with Gasteiger partial charge in [0.15, 0.2) is 0 Å². The third-order valence-electron chi connectivity index (χ3n) is 4.01. The summed E-state index contributed by atoms with van der Waals surface area (Å²) >= 11 is 0. The minimum atomic E-state index is -0.421. The second-order valence-electron chi connectivity index (χ2n) is 5.29. The molecule has 1 N–H and O–H groups in total. The zero-order valence-electron chi connectivity index (χ0n) is 12.4. The lowest BCUT2D eigenvalue weighted by atomic mass is 9.96. The van der Waals surface area contributed by atoms with Gasteiger partial charge >= 0.3 is 11.9 Å². The molecular weight excluding hydrogens is 270 g/mol. The fourth-order valence-electron chi connectivity index (χ4n) is 2.89. The van der Waals surface area contributed by atoms with Crippen molar-refractivity contribution in [3.63, 3.8) is 0 Å². The number of carbonyl (C=O) groups excluding carboxylic acids is 2. The Bertz CT molecular complexity index is 464. The van der Waals surface area contributed by atoms with Gasteiger partial charge in [-0.15, -0.1) is 0 Å². The van der Waals surface area contributed by atoms with E-state index in [1.54, 1.807) is 0 Å². The van der Waals surface area contributed by atoms with Crippen LogP contribution in [0.2, 0.25) is 0 Å². The molecule has 0 amide bonds. The summed E-state index contributed by atoms with van der Waals surface area (Å²) in [4.78, 5) is 23.6. The van der Waals surface area contributed by atoms with Crippen molar-refractivity contribution in [2.45, 2.75) is 25.4 Å². The van der Waals surface area contributed by atoms with E-state index in [1.807, 2.05) is 30.3 Å². The van der Waals surface area contributed by atoms with Gasteiger partial charge in [-0.3, -0.25) is 9.59 Å². The molecule has 5 nitrogen and oxygen atoms in total. The predicted octanol–water partition coefficient (Wildman–Crippen LogP) is 1.52. The molecule has 0 saturated heterocycles. The van der Waals surface area contributed by atoms with Crippen molar-refractivity contribution in [1.29, 1.82) is 0 Å². The highest BCUT2D eigenvalue weighted by molar-refractivity contribution is 5.82. The Morgan fingerprint density at radius 1 is 1.05 bits per heavy atom. The van der Waals surface area contributed by atoms with E-state index in [9.17, 15) is 9.59 Å². The molecule has 1 aliphatic rings. The highest BCUT2D eigenvalue weighted by atomic mass is 16.5. The van der Waals surface area contributed by atoms with Crippen molar-refractivity contribution in [1.82, 2.24) is 5.32 Å². The average Bonchev–Trinajstić information content (AvgIpc) is 2.96. The van der Waals surface area contributed by atoms with Crippen molar-refractivity contribution in [2.75, 3.05) is 14.2 Å². The van der Waals surface area contributed by atoms with Crippen molar-refractivity contribution in [3.05, 3.63) is 35.9 Å². The number of esters is 2. The quantitative estimate of drug-likeness (QED) is 0.833. The molecule has 2 unspecified atom stereocenters. The number of benzene rings is 1. The van der Waals surface area contributed by atoms with Gasteiger partial charge in [-0.1, -0.05) is 30.3 Å². The van der Waals surface area contributed by atoms with Crippen LogP contribution in [-0.2, 0) is 25.6 Å². The average molecular weight is 291 g/mol. The van der Waals surface area contributed by atoms with Crippen LogP contribution in [0.3, 0.4) is 0 Å². The van der Waals surface area contributed by atoms with E-state index in [-0.39, 0.29) is 18.0 Å². The molecule has 1 aromatic rings. The molecule has 1 aliphatic carbocycles. The molecule has 0 radical (unpaired) electrons. The normalized spacial score (nSPS) is 24.6. The second-order valence-corrected chi connectivity index (χ2v) is 5.29.